The lowest BCUT2D eigenvalue weighted by molar-refractivity contribution is 0.290. The highest BCUT2D eigenvalue weighted by Crippen LogP contribution is 2.36. The van der Waals surface area contributed by atoms with Gasteiger partial charge in [0.25, 0.3) is 0 Å². The van der Waals surface area contributed by atoms with Crippen molar-refractivity contribution in [2.75, 3.05) is 0 Å². The zero-order chi connectivity index (χ0) is 19.0. The number of aryl methyl sites for hydroxylation is 2. The predicted octanol–water partition coefficient (Wildman–Crippen LogP) is 4.82. The Morgan fingerprint density at radius 2 is 1.93 bits per heavy atom. The number of hydrogen-bond acceptors (Lipinski definition) is 7. The Balaban J connectivity index is 1.55. The lowest BCUT2D eigenvalue weighted by Crippen LogP contribution is -2.04. The van der Waals surface area contributed by atoms with Gasteiger partial charge in [-0.15, -0.1) is 21.5 Å². The highest BCUT2D eigenvalue weighted by molar-refractivity contribution is 7.99. The number of thiophene rings is 1. The summed E-state index contributed by atoms with van der Waals surface area (Å²) in [5.41, 5.74) is 1.21. The first-order valence-electron chi connectivity index (χ1n) is 8.18. The van der Waals surface area contributed by atoms with Crippen LogP contribution in [0, 0.1) is 13.8 Å². The quantitative estimate of drug-likeness (QED) is 0.434. The zero-order valence-electron chi connectivity index (χ0n) is 14.9. The highest BCUT2D eigenvalue weighted by Gasteiger charge is 2.17. The van der Waals surface area contributed by atoms with Crippen molar-refractivity contribution < 1.29 is 4.74 Å². The van der Waals surface area contributed by atoms with Crippen LogP contribution in [0.4, 0.5) is 0 Å². The third-order valence-electron chi connectivity index (χ3n) is 4.23. The first-order chi connectivity index (χ1) is 13.0. The van der Waals surface area contributed by atoms with E-state index in [9.17, 15) is 0 Å². The van der Waals surface area contributed by atoms with Crippen LogP contribution < -0.4 is 4.74 Å². The van der Waals surface area contributed by atoms with Gasteiger partial charge in [-0.25, -0.2) is 9.97 Å². The molecule has 3 aromatic heterocycles. The van der Waals surface area contributed by atoms with Gasteiger partial charge < -0.3 is 9.30 Å². The molecule has 9 heteroatoms. The standard InChI is InChI=1S/C18H16ClN5OS2/c1-10-11(2)26-16-15(10)17(21-9-20-16)27-18-23-22-14(24(18)3)8-25-13-6-4-12(19)5-7-13/h4-7,9H,8H2,1-3H3. The topological polar surface area (TPSA) is 65.7 Å². The molecule has 4 aromatic rings. The number of fused-ring (bicyclic) bond motifs is 1. The minimum Gasteiger partial charge on any atom is -0.486 e. The number of halogens is 1. The van der Waals surface area contributed by atoms with Crippen LogP contribution >= 0.6 is 34.7 Å². The number of hydrogen-bond donors (Lipinski definition) is 0. The average Bonchev–Trinajstić information content (AvgIpc) is 3.15. The molecule has 4 rings (SSSR count). The number of benzene rings is 1. The molecule has 0 aliphatic carbocycles. The van der Waals surface area contributed by atoms with Gasteiger partial charge in [-0.3, -0.25) is 0 Å². The summed E-state index contributed by atoms with van der Waals surface area (Å²) in [7, 11) is 1.92. The third-order valence-corrected chi connectivity index (χ3v) is 6.63. The molecule has 0 atom stereocenters. The second-order valence-electron chi connectivity index (χ2n) is 5.94. The van der Waals surface area contributed by atoms with Gasteiger partial charge in [0.05, 0.1) is 0 Å². The molecule has 0 amide bonds. The van der Waals surface area contributed by atoms with Crippen molar-refractivity contribution in [2.45, 2.75) is 30.6 Å². The van der Waals surface area contributed by atoms with Gasteiger partial charge in [0.1, 0.15) is 28.5 Å². The van der Waals surface area contributed by atoms with E-state index in [-0.39, 0.29) is 0 Å². The Bertz CT molecular complexity index is 1110. The van der Waals surface area contributed by atoms with E-state index in [0.29, 0.717) is 11.6 Å². The summed E-state index contributed by atoms with van der Waals surface area (Å²) in [5, 5.41) is 12.0. The first kappa shape index (κ1) is 18.2. The van der Waals surface area contributed by atoms with Crippen molar-refractivity contribution in [1.29, 1.82) is 0 Å². The van der Waals surface area contributed by atoms with Crippen LogP contribution in [-0.2, 0) is 13.7 Å². The Hall–Kier alpha value is -2.16. The molecule has 0 aliphatic heterocycles. The molecular weight excluding hydrogens is 402 g/mol. The molecule has 3 heterocycles. The molecule has 0 radical (unpaired) electrons. The second-order valence-corrected chi connectivity index (χ2v) is 8.54. The monoisotopic (exact) mass is 417 g/mol. The molecule has 27 heavy (non-hydrogen) atoms. The van der Waals surface area contributed by atoms with Crippen molar-refractivity contribution in [2.24, 2.45) is 7.05 Å². The molecule has 0 fully saturated rings. The normalized spacial score (nSPS) is 11.3. The molecule has 138 valence electrons. The fourth-order valence-corrected chi connectivity index (χ4v) is 4.69. The van der Waals surface area contributed by atoms with Crippen LogP contribution in [0.25, 0.3) is 10.2 Å². The molecule has 0 N–H and O–H groups in total. The minimum absolute atomic E-state index is 0.321. The van der Waals surface area contributed by atoms with Crippen molar-refractivity contribution in [3.8, 4) is 5.75 Å². The molecule has 0 saturated carbocycles. The van der Waals surface area contributed by atoms with E-state index in [2.05, 4.69) is 34.0 Å². The number of rotatable bonds is 5. The molecule has 1 aromatic carbocycles. The summed E-state index contributed by atoms with van der Waals surface area (Å²) >= 11 is 9.06. The van der Waals surface area contributed by atoms with E-state index in [4.69, 9.17) is 16.3 Å². The van der Waals surface area contributed by atoms with E-state index in [1.807, 2.05) is 23.7 Å². The predicted molar refractivity (Wildman–Crippen MR) is 108 cm³/mol. The molecule has 0 unspecified atom stereocenters. The SMILES string of the molecule is Cc1sc2ncnc(Sc3nnc(COc4ccc(Cl)cc4)n3C)c2c1C. The lowest BCUT2D eigenvalue weighted by atomic mass is 10.2. The Morgan fingerprint density at radius 1 is 1.15 bits per heavy atom. The summed E-state index contributed by atoms with van der Waals surface area (Å²) in [6, 6.07) is 7.24. The van der Waals surface area contributed by atoms with Gasteiger partial charge in [-0.1, -0.05) is 11.6 Å². The van der Waals surface area contributed by atoms with Crippen molar-refractivity contribution in [1.82, 2.24) is 24.7 Å². The summed E-state index contributed by atoms with van der Waals surface area (Å²) in [6.45, 7) is 4.52. The number of nitrogens with zero attached hydrogens (tertiary/aromatic N) is 5. The summed E-state index contributed by atoms with van der Waals surface area (Å²) < 4.78 is 7.69. The van der Waals surface area contributed by atoms with E-state index >= 15 is 0 Å². The molecular formula is C18H16ClN5OS2. The fourth-order valence-electron chi connectivity index (χ4n) is 2.55. The average molecular weight is 418 g/mol. The van der Waals surface area contributed by atoms with Crippen LogP contribution in [0.5, 0.6) is 5.75 Å². The van der Waals surface area contributed by atoms with Crippen LogP contribution in [0.3, 0.4) is 0 Å². The molecule has 0 aliphatic rings. The highest BCUT2D eigenvalue weighted by atomic mass is 35.5. The summed E-state index contributed by atoms with van der Waals surface area (Å²) in [6.07, 6.45) is 1.60. The maximum Gasteiger partial charge on any atom is 0.197 e. The largest absolute Gasteiger partial charge is 0.486 e. The zero-order valence-corrected chi connectivity index (χ0v) is 17.3. The number of ether oxygens (including phenoxy) is 1. The maximum absolute atomic E-state index is 5.89. The summed E-state index contributed by atoms with van der Waals surface area (Å²) in [4.78, 5) is 11.1. The van der Waals surface area contributed by atoms with Crippen molar-refractivity contribution >= 4 is 44.9 Å². The van der Waals surface area contributed by atoms with Gasteiger partial charge >= 0.3 is 0 Å². The molecule has 0 bridgehead atoms. The molecule has 0 saturated heterocycles. The molecule has 6 nitrogen and oxygen atoms in total. The Morgan fingerprint density at radius 3 is 2.70 bits per heavy atom. The van der Waals surface area contributed by atoms with Crippen LogP contribution in [-0.4, -0.2) is 24.7 Å². The van der Waals surface area contributed by atoms with Crippen LogP contribution in [0.2, 0.25) is 5.02 Å². The number of aromatic nitrogens is 5. The van der Waals surface area contributed by atoms with Gasteiger partial charge in [0.2, 0.25) is 0 Å². The Labute approximate surface area is 169 Å². The van der Waals surface area contributed by atoms with Gasteiger partial charge in [0, 0.05) is 22.3 Å². The lowest BCUT2D eigenvalue weighted by Gasteiger charge is -2.07. The fraction of sp³-hybridized carbons (Fsp3) is 0.222. The molecule has 0 spiro atoms. The van der Waals surface area contributed by atoms with E-state index in [1.165, 1.54) is 22.2 Å². The van der Waals surface area contributed by atoms with Crippen molar-refractivity contribution in [3.05, 3.63) is 51.9 Å². The van der Waals surface area contributed by atoms with Crippen LogP contribution in [0.15, 0.2) is 40.8 Å². The van der Waals surface area contributed by atoms with E-state index < -0.39 is 0 Å². The second kappa shape index (κ2) is 7.46. The van der Waals surface area contributed by atoms with Gasteiger partial charge in [-0.05, 0) is 55.4 Å². The van der Waals surface area contributed by atoms with Gasteiger partial charge in [-0.2, -0.15) is 0 Å². The summed E-state index contributed by atoms with van der Waals surface area (Å²) in [5.74, 6) is 1.47. The first-order valence-corrected chi connectivity index (χ1v) is 10.2. The van der Waals surface area contributed by atoms with Gasteiger partial charge in [0.15, 0.2) is 11.0 Å². The maximum atomic E-state index is 5.89. The van der Waals surface area contributed by atoms with Crippen LogP contribution in [0.1, 0.15) is 16.3 Å². The minimum atomic E-state index is 0.321. The van der Waals surface area contributed by atoms with E-state index in [1.54, 1.807) is 29.8 Å². The third kappa shape index (κ3) is 3.65. The smallest absolute Gasteiger partial charge is 0.197 e. The van der Waals surface area contributed by atoms with Crippen molar-refractivity contribution in [3.63, 3.8) is 0 Å². The van der Waals surface area contributed by atoms with E-state index in [0.717, 1.165) is 32.0 Å². The Kier molecular flexibility index (Phi) is 5.03.